The van der Waals surface area contributed by atoms with Crippen molar-refractivity contribution in [3.8, 4) is 0 Å². The third-order valence-corrected chi connectivity index (χ3v) is 6.87. The second-order valence-corrected chi connectivity index (χ2v) is 10.6. The molecule has 4 N–H and O–H groups in total. The van der Waals surface area contributed by atoms with E-state index in [1.807, 2.05) is 6.92 Å². The standard InChI is InChI=1S/C31H56O9/c1-3-5-7-8-9-10-11-12-13-14-15-16-17-18-19-21-37-23-25(39-27(33)20-6-4-2)24-38-31-30(36)29(35)28(34)26(22-32)40-31/h8-9,11-12,25-26,28-32,34-36H,3-7,10,13-24H2,1-2H3/b9-8-,12-11-. The molecule has 0 aliphatic carbocycles. The van der Waals surface area contributed by atoms with Gasteiger partial charge in [-0.25, -0.2) is 0 Å². The number of ether oxygens (including phenoxy) is 4. The number of esters is 1. The van der Waals surface area contributed by atoms with Crippen LogP contribution in [0.5, 0.6) is 0 Å². The molecule has 1 aliphatic heterocycles. The van der Waals surface area contributed by atoms with Gasteiger partial charge in [0.15, 0.2) is 6.29 Å². The summed E-state index contributed by atoms with van der Waals surface area (Å²) in [5.41, 5.74) is 0. The molecule has 0 bridgehead atoms. The van der Waals surface area contributed by atoms with E-state index in [2.05, 4.69) is 31.2 Å². The second kappa shape index (κ2) is 24.3. The topological polar surface area (TPSA) is 135 Å². The van der Waals surface area contributed by atoms with Gasteiger partial charge in [0.25, 0.3) is 0 Å². The van der Waals surface area contributed by atoms with Crippen LogP contribution in [-0.2, 0) is 23.7 Å². The Labute approximate surface area is 241 Å². The van der Waals surface area contributed by atoms with Crippen LogP contribution in [-0.4, -0.2) is 89.6 Å². The Hall–Kier alpha value is -1.33. The predicted octanol–water partition coefficient (Wildman–Crippen LogP) is 4.34. The lowest BCUT2D eigenvalue weighted by molar-refractivity contribution is -0.305. The van der Waals surface area contributed by atoms with Gasteiger partial charge in [0, 0.05) is 13.0 Å². The molecule has 0 aromatic heterocycles. The Kier molecular flexibility index (Phi) is 22.3. The van der Waals surface area contributed by atoms with Gasteiger partial charge < -0.3 is 39.4 Å². The number of aliphatic hydroxyl groups is 4. The van der Waals surface area contributed by atoms with Crippen molar-refractivity contribution in [2.24, 2.45) is 0 Å². The van der Waals surface area contributed by atoms with Crippen molar-refractivity contribution in [2.45, 2.75) is 141 Å². The van der Waals surface area contributed by atoms with Crippen molar-refractivity contribution in [3.05, 3.63) is 24.3 Å². The van der Waals surface area contributed by atoms with Crippen molar-refractivity contribution >= 4 is 5.97 Å². The molecule has 234 valence electrons. The molecule has 0 aromatic rings. The van der Waals surface area contributed by atoms with Crippen LogP contribution in [0, 0.1) is 0 Å². The summed E-state index contributed by atoms with van der Waals surface area (Å²) in [6.45, 7) is 4.21. The molecule has 40 heavy (non-hydrogen) atoms. The molecular weight excluding hydrogens is 516 g/mol. The summed E-state index contributed by atoms with van der Waals surface area (Å²) in [4.78, 5) is 12.2. The van der Waals surface area contributed by atoms with Crippen LogP contribution in [0.4, 0.5) is 0 Å². The summed E-state index contributed by atoms with van der Waals surface area (Å²) < 4.78 is 22.2. The van der Waals surface area contributed by atoms with E-state index < -0.39 is 43.4 Å². The molecule has 1 fully saturated rings. The number of aliphatic hydroxyl groups excluding tert-OH is 4. The Bertz CT molecular complexity index is 667. The minimum atomic E-state index is -1.53. The summed E-state index contributed by atoms with van der Waals surface area (Å²) in [5.74, 6) is -0.355. The molecule has 6 unspecified atom stereocenters. The molecule has 1 heterocycles. The highest BCUT2D eigenvalue weighted by atomic mass is 16.7. The molecule has 1 rings (SSSR count). The molecular formula is C31H56O9. The maximum Gasteiger partial charge on any atom is 0.306 e. The zero-order valence-electron chi connectivity index (χ0n) is 24.8. The normalized spacial score (nSPS) is 24.2. The lowest BCUT2D eigenvalue weighted by Crippen LogP contribution is -2.59. The van der Waals surface area contributed by atoms with Gasteiger partial charge in [-0.1, -0.05) is 83.1 Å². The number of rotatable bonds is 24. The summed E-state index contributed by atoms with van der Waals surface area (Å²) in [6.07, 6.45) is 16.0. The van der Waals surface area contributed by atoms with E-state index in [9.17, 15) is 25.2 Å². The second-order valence-electron chi connectivity index (χ2n) is 10.6. The minimum Gasteiger partial charge on any atom is -0.457 e. The van der Waals surface area contributed by atoms with Crippen LogP contribution in [0.15, 0.2) is 24.3 Å². The number of carbonyl (C=O) groups is 1. The Morgan fingerprint density at radius 2 is 1.45 bits per heavy atom. The smallest absolute Gasteiger partial charge is 0.306 e. The number of allylic oxidation sites excluding steroid dienone is 4. The summed E-state index contributed by atoms with van der Waals surface area (Å²) in [7, 11) is 0. The van der Waals surface area contributed by atoms with E-state index in [0.717, 1.165) is 38.5 Å². The van der Waals surface area contributed by atoms with E-state index in [4.69, 9.17) is 18.9 Å². The fourth-order valence-electron chi connectivity index (χ4n) is 4.31. The third-order valence-electron chi connectivity index (χ3n) is 6.87. The quantitative estimate of drug-likeness (QED) is 0.0756. The van der Waals surface area contributed by atoms with Crippen LogP contribution in [0.3, 0.4) is 0 Å². The van der Waals surface area contributed by atoms with E-state index >= 15 is 0 Å². The van der Waals surface area contributed by atoms with Crippen molar-refractivity contribution < 1.29 is 44.2 Å². The zero-order valence-corrected chi connectivity index (χ0v) is 24.8. The summed E-state index contributed by atoms with van der Waals surface area (Å²) in [5, 5.41) is 39.4. The van der Waals surface area contributed by atoms with E-state index in [1.165, 1.54) is 38.5 Å². The first-order chi connectivity index (χ1) is 19.4. The van der Waals surface area contributed by atoms with Gasteiger partial charge in [-0.15, -0.1) is 0 Å². The number of unbranched alkanes of at least 4 members (excludes halogenated alkanes) is 9. The highest BCUT2D eigenvalue weighted by Crippen LogP contribution is 2.22. The van der Waals surface area contributed by atoms with Gasteiger partial charge in [0.2, 0.25) is 0 Å². The molecule has 0 spiro atoms. The lowest BCUT2D eigenvalue weighted by atomic mass is 9.99. The molecule has 1 saturated heterocycles. The molecule has 0 aromatic carbocycles. The van der Waals surface area contributed by atoms with Crippen LogP contribution >= 0.6 is 0 Å². The maximum absolute atomic E-state index is 12.2. The molecule has 0 radical (unpaired) electrons. The predicted molar refractivity (Wildman–Crippen MR) is 155 cm³/mol. The van der Waals surface area contributed by atoms with Gasteiger partial charge >= 0.3 is 5.97 Å². The molecule has 0 amide bonds. The monoisotopic (exact) mass is 572 g/mol. The van der Waals surface area contributed by atoms with Crippen molar-refractivity contribution in [3.63, 3.8) is 0 Å². The van der Waals surface area contributed by atoms with Crippen LogP contribution in [0.1, 0.15) is 104 Å². The van der Waals surface area contributed by atoms with Gasteiger partial charge in [0.1, 0.15) is 30.5 Å². The fourth-order valence-corrected chi connectivity index (χ4v) is 4.31. The van der Waals surface area contributed by atoms with Gasteiger partial charge in [-0.2, -0.15) is 0 Å². The first-order valence-corrected chi connectivity index (χ1v) is 15.4. The van der Waals surface area contributed by atoms with Crippen molar-refractivity contribution in [1.29, 1.82) is 0 Å². The van der Waals surface area contributed by atoms with Crippen LogP contribution in [0.2, 0.25) is 0 Å². The first-order valence-electron chi connectivity index (χ1n) is 15.4. The fraction of sp³-hybridized carbons (Fsp3) is 0.839. The van der Waals surface area contributed by atoms with E-state index in [-0.39, 0.29) is 19.2 Å². The zero-order chi connectivity index (χ0) is 29.4. The Balaban J connectivity index is 2.24. The van der Waals surface area contributed by atoms with Crippen molar-refractivity contribution in [1.82, 2.24) is 0 Å². The average molecular weight is 573 g/mol. The minimum absolute atomic E-state index is 0.121. The average Bonchev–Trinajstić information content (AvgIpc) is 2.95. The van der Waals surface area contributed by atoms with E-state index in [0.29, 0.717) is 19.4 Å². The molecule has 1 aliphatic rings. The number of hydrogen-bond acceptors (Lipinski definition) is 9. The number of hydrogen-bond donors (Lipinski definition) is 4. The van der Waals surface area contributed by atoms with E-state index in [1.54, 1.807) is 0 Å². The van der Waals surface area contributed by atoms with Gasteiger partial charge in [-0.05, 0) is 38.5 Å². The number of carbonyl (C=O) groups excluding carboxylic acids is 1. The Morgan fingerprint density at radius 3 is 2.12 bits per heavy atom. The van der Waals surface area contributed by atoms with Crippen LogP contribution < -0.4 is 0 Å². The molecule has 6 atom stereocenters. The van der Waals surface area contributed by atoms with Gasteiger partial charge in [0.05, 0.1) is 19.8 Å². The third kappa shape index (κ3) is 16.8. The maximum atomic E-state index is 12.2. The SMILES string of the molecule is CCCC/C=C\C/C=C\CCCCCCCCOCC(COC1OC(CO)C(O)C(O)C1O)OC(=O)CCCC. The highest BCUT2D eigenvalue weighted by molar-refractivity contribution is 5.69. The van der Waals surface area contributed by atoms with Crippen LogP contribution in [0.25, 0.3) is 0 Å². The van der Waals surface area contributed by atoms with Crippen molar-refractivity contribution in [2.75, 3.05) is 26.4 Å². The largest absolute Gasteiger partial charge is 0.457 e. The molecule has 9 heteroatoms. The first kappa shape index (κ1) is 36.7. The summed E-state index contributed by atoms with van der Waals surface area (Å²) >= 11 is 0. The highest BCUT2D eigenvalue weighted by Gasteiger charge is 2.44. The van der Waals surface area contributed by atoms with Gasteiger partial charge in [-0.3, -0.25) is 4.79 Å². The molecule has 0 saturated carbocycles. The Morgan fingerprint density at radius 1 is 0.800 bits per heavy atom. The lowest BCUT2D eigenvalue weighted by Gasteiger charge is -2.39. The summed E-state index contributed by atoms with van der Waals surface area (Å²) in [6, 6.07) is 0. The molecule has 9 nitrogen and oxygen atoms in total.